The Balaban J connectivity index is 2.05. The van der Waals surface area contributed by atoms with Gasteiger partial charge in [0.05, 0.1) is 18.9 Å². The first-order valence-electron chi connectivity index (χ1n) is 4.40. The molecular formula is C10H12N2O. The van der Waals surface area contributed by atoms with Crippen LogP contribution in [0, 0.1) is 0 Å². The second-order valence-electron chi connectivity index (χ2n) is 3.19. The van der Waals surface area contributed by atoms with Gasteiger partial charge in [-0.1, -0.05) is 18.2 Å². The molecule has 0 atom stereocenters. The molecule has 1 heterocycles. The third kappa shape index (κ3) is 1.99. The van der Waals surface area contributed by atoms with Crippen LogP contribution in [0.2, 0.25) is 0 Å². The molecule has 0 aromatic carbocycles. The van der Waals surface area contributed by atoms with E-state index in [1.54, 1.807) is 10.9 Å². The average Bonchev–Trinajstić information content (AvgIpc) is 2.53. The molecule has 1 aliphatic carbocycles. The van der Waals surface area contributed by atoms with Gasteiger partial charge in [0.1, 0.15) is 0 Å². The predicted octanol–water partition coefficient (Wildman–Crippen LogP) is 1.87. The van der Waals surface area contributed by atoms with Gasteiger partial charge in [0, 0.05) is 0 Å². The van der Waals surface area contributed by atoms with Gasteiger partial charge in [0.15, 0.2) is 5.75 Å². The van der Waals surface area contributed by atoms with Gasteiger partial charge >= 0.3 is 0 Å². The van der Waals surface area contributed by atoms with Gasteiger partial charge in [0.2, 0.25) is 0 Å². The lowest BCUT2D eigenvalue weighted by Gasteiger charge is -2.08. The van der Waals surface area contributed by atoms with Crippen molar-refractivity contribution in [1.82, 2.24) is 9.78 Å². The Bertz CT molecular complexity index is 350. The van der Waals surface area contributed by atoms with E-state index in [4.69, 9.17) is 5.11 Å². The summed E-state index contributed by atoms with van der Waals surface area (Å²) in [4.78, 5) is 0. The van der Waals surface area contributed by atoms with E-state index < -0.39 is 0 Å². The van der Waals surface area contributed by atoms with Crippen molar-refractivity contribution in [3.63, 3.8) is 0 Å². The maximum Gasteiger partial charge on any atom is 0.153 e. The number of aromatic nitrogens is 2. The van der Waals surface area contributed by atoms with Crippen LogP contribution in [0.15, 0.2) is 36.2 Å². The van der Waals surface area contributed by atoms with E-state index in [0.29, 0.717) is 0 Å². The molecule has 0 amide bonds. The van der Waals surface area contributed by atoms with E-state index in [0.717, 1.165) is 19.4 Å². The van der Waals surface area contributed by atoms with Crippen LogP contribution in [0.5, 0.6) is 5.75 Å². The highest BCUT2D eigenvalue weighted by atomic mass is 16.3. The maximum atomic E-state index is 9.07. The molecule has 0 spiro atoms. The predicted molar refractivity (Wildman–Crippen MR) is 50.3 cm³/mol. The molecule has 1 N–H and O–H groups in total. The lowest BCUT2D eigenvalue weighted by atomic mass is 10.1. The monoisotopic (exact) mass is 176 g/mol. The van der Waals surface area contributed by atoms with E-state index in [1.807, 2.05) is 0 Å². The number of aromatic hydroxyl groups is 1. The van der Waals surface area contributed by atoms with Crippen LogP contribution < -0.4 is 0 Å². The van der Waals surface area contributed by atoms with Gasteiger partial charge in [0.25, 0.3) is 0 Å². The summed E-state index contributed by atoms with van der Waals surface area (Å²) in [6.45, 7) is 0.783. The largest absolute Gasteiger partial charge is 0.505 e. The van der Waals surface area contributed by atoms with Crippen molar-refractivity contribution >= 4 is 0 Å². The molecule has 3 heteroatoms. The zero-order chi connectivity index (χ0) is 9.10. The zero-order valence-electron chi connectivity index (χ0n) is 7.35. The normalized spacial score (nSPS) is 15.8. The van der Waals surface area contributed by atoms with Crippen LogP contribution in [0.1, 0.15) is 12.8 Å². The molecule has 0 fully saturated rings. The Labute approximate surface area is 77.0 Å². The number of nitrogens with zero attached hydrogens (tertiary/aromatic N) is 2. The standard InChI is InChI=1S/C10H12N2O/c13-10-6-11-12(8-10)7-9-4-2-1-3-5-9/h1-2,4,6,8,13H,3,5,7H2. The van der Waals surface area contributed by atoms with Crippen molar-refractivity contribution in [2.24, 2.45) is 0 Å². The van der Waals surface area contributed by atoms with Gasteiger partial charge in [-0.05, 0) is 18.4 Å². The number of hydrogen-bond acceptors (Lipinski definition) is 2. The molecule has 1 aliphatic rings. The molecule has 3 nitrogen and oxygen atoms in total. The molecule has 1 aromatic rings. The lowest BCUT2D eigenvalue weighted by Crippen LogP contribution is -2.02. The maximum absolute atomic E-state index is 9.07. The molecule has 2 rings (SSSR count). The molecular weight excluding hydrogens is 164 g/mol. The third-order valence-electron chi connectivity index (χ3n) is 2.08. The Morgan fingerprint density at radius 1 is 1.54 bits per heavy atom. The smallest absolute Gasteiger partial charge is 0.153 e. The summed E-state index contributed by atoms with van der Waals surface area (Å²) in [5, 5.41) is 13.1. The van der Waals surface area contributed by atoms with Crippen LogP contribution in [0.4, 0.5) is 0 Å². The van der Waals surface area contributed by atoms with Crippen molar-refractivity contribution < 1.29 is 5.11 Å². The quantitative estimate of drug-likeness (QED) is 0.747. The molecule has 0 aliphatic heterocycles. The minimum atomic E-state index is 0.229. The Kier molecular flexibility index (Phi) is 2.17. The van der Waals surface area contributed by atoms with Gasteiger partial charge in [-0.15, -0.1) is 0 Å². The number of hydrogen-bond donors (Lipinski definition) is 1. The summed E-state index contributed by atoms with van der Waals surface area (Å²) in [6.07, 6.45) is 11.6. The van der Waals surface area contributed by atoms with Crippen LogP contribution in [-0.2, 0) is 6.54 Å². The molecule has 0 bridgehead atoms. The van der Waals surface area contributed by atoms with Crippen LogP contribution in [0.25, 0.3) is 0 Å². The minimum absolute atomic E-state index is 0.229. The molecule has 1 aromatic heterocycles. The first kappa shape index (κ1) is 8.10. The summed E-state index contributed by atoms with van der Waals surface area (Å²) in [5.74, 6) is 0.229. The Morgan fingerprint density at radius 2 is 2.46 bits per heavy atom. The van der Waals surface area contributed by atoms with Crippen molar-refractivity contribution in [2.75, 3.05) is 0 Å². The van der Waals surface area contributed by atoms with E-state index in [2.05, 4.69) is 23.3 Å². The van der Waals surface area contributed by atoms with Crippen molar-refractivity contribution in [3.8, 4) is 5.75 Å². The summed E-state index contributed by atoms with van der Waals surface area (Å²) in [6, 6.07) is 0. The van der Waals surface area contributed by atoms with E-state index in [-0.39, 0.29) is 5.75 Å². The minimum Gasteiger partial charge on any atom is -0.505 e. The summed E-state index contributed by atoms with van der Waals surface area (Å²) >= 11 is 0. The highest BCUT2D eigenvalue weighted by Gasteiger charge is 2.01. The SMILES string of the molecule is Oc1cnn(CC2=CC=CCC2)c1. The molecule has 68 valence electrons. The Morgan fingerprint density at radius 3 is 3.08 bits per heavy atom. The lowest BCUT2D eigenvalue weighted by molar-refractivity contribution is 0.474. The molecule has 0 radical (unpaired) electrons. The average molecular weight is 176 g/mol. The highest BCUT2D eigenvalue weighted by molar-refractivity contribution is 5.18. The van der Waals surface area contributed by atoms with Gasteiger partial charge in [-0.25, -0.2) is 0 Å². The number of rotatable bonds is 2. The van der Waals surface area contributed by atoms with Crippen LogP contribution in [0.3, 0.4) is 0 Å². The molecule has 0 unspecified atom stereocenters. The van der Waals surface area contributed by atoms with Crippen LogP contribution in [-0.4, -0.2) is 14.9 Å². The van der Waals surface area contributed by atoms with Crippen molar-refractivity contribution in [3.05, 3.63) is 36.2 Å². The first-order valence-corrected chi connectivity index (χ1v) is 4.40. The molecule has 0 saturated heterocycles. The van der Waals surface area contributed by atoms with Gasteiger partial charge < -0.3 is 5.11 Å². The fraction of sp³-hybridized carbons (Fsp3) is 0.300. The van der Waals surface area contributed by atoms with E-state index in [1.165, 1.54) is 11.8 Å². The van der Waals surface area contributed by atoms with Crippen molar-refractivity contribution in [1.29, 1.82) is 0 Å². The zero-order valence-corrected chi connectivity index (χ0v) is 7.35. The fourth-order valence-corrected chi connectivity index (χ4v) is 1.43. The fourth-order valence-electron chi connectivity index (χ4n) is 1.43. The highest BCUT2D eigenvalue weighted by Crippen LogP contribution is 2.14. The van der Waals surface area contributed by atoms with Gasteiger partial charge in [-0.3, -0.25) is 4.68 Å². The van der Waals surface area contributed by atoms with E-state index >= 15 is 0 Å². The van der Waals surface area contributed by atoms with Gasteiger partial charge in [-0.2, -0.15) is 5.10 Å². The number of allylic oxidation sites excluding steroid dienone is 4. The molecule has 13 heavy (non-hydrogen) atoms. The summed E-state index contributed by atoms with van der Waals surface area (Å²) < 4.78 is 1.75. The van der Waals surface area contributed by atoms with Crippen LogP contribution >= 0.6 is 0 Å². The summed E-state index contributed by atoms with van der Waals surface area (Å²) in [5.41, 5.74) is 1.35. The van der Waals surface area contributed by atoms with Crippen molar-refractivity contribution in [2.45, 2.75) is 19.4 Å². The third-order valence-corrected chi connectivity index (χ3v) is 2.08. The topological polar surface area (TPSA) is 38.1 Å². The van der Waals surface area contributed by atoms with E-state index in [9.17, 15) is 0 Å². The summed E-state index contributed by atoms with van der Waals surface area (Å²) in [7, 11) is 0. The second kappa shape index (κ2) is 3.47. The first-order chi connectivity index (χ1) is 6.34. The molecule has 0 saturated carbocycles. The Hall–Kier alpha value is -1.51. The second-order valence-corrected chi connectivity index (χ2v) is 3.19.